The van der Waals surface area contributed by atoms with E-state index >= 15 is 0 Å². The summed E-state index contributed by atoms with van der Waals surface area (Å²) < 4.78 is 44.1. The second-order valence-electron chi connectivity index (χ2n) is 8.23. The minimum atomic E-state index is -4.37. The summed E-state index contributed by atoms with van der Waals surface area (Å²) in [5, 5.41) is 0. The summed E-state index contributed by atoms with van der Waals surface area (Å²) in [6, 6.07) is 14.5. The molecule has 3 rings (SSSR count). The van der Waals surface area contributed by atoms with Crippen LogP contribution in [0.15, 0.2) is 54.6 Å². The summed E-state index contributed by atoms with van der Waals surface area (Å²) in [6.07, 6.45) is -2.90. The van der Waals surface area contributed by atoms with Gasteiger partial charge in [-0.25, -0.2) is 4.79 Å². The molecule has 8 heteroatoms. The lowest BCUT2D eigenvalue weighted by Crippen LogP contribution is -2.62. The zero-order valence-corrected chi connectivity index (χ0v) is 18.9. The van der Waals surface area contributed by atoms with E-state index in [0.29, 0.717) is 50.1 Å². The molecule has 0 aliphatic carbocycles. The van der Waals surface area contributed by atoms with Crippen molar-refractivity contribution < 1.29 is 27.5 Å². The molecule has 0 atom stereocenters. The van der Waals surface area contributed by atoms with Gasteiger partial charge >= 0.3 is 12.1 Å². The number of rotatable bonds is 7. The van der Waals surface area contributed by atoms with Gasteiger partial charge in [0.25, 0.3) is 0 Å². The predicted octanol–water partition coefficient (Wildman–Crippen LogP) is 4.70. The van der Waals surface area contributed by atoms with Crippen LogP contribution in [0.1, 0.15) is 37.3 Å². The Morgan fingerprint density at radius 3 is 2.30 bits per heavy atom. The summed E-state index contributed by atoms with van der Waals surface area (Å²) in [5.41, 5.74) is -0.510. The van der Waals surface area contributed by atoms with E-state index in [1.54, 1.807) is 30.0 Å². The van der Waals surface area contributed by atoms with Crippen LogP contribution in [0.5, 0.6) is 0 Å². The molecule has 1 amide bonds. The molecule has 1 heterocycles. The number of methoxy groups -OCH3 is 1. The molecule has 0 N–H and O–H groups in total. The lowest BCUT2D eigenvalue weighted by atomic mass is 9.84. The fraction of sp³-hybridized carbons (Fsp3) is 0.440. The van der Waals surface area contributed by atoms with Crippen molar-refractivity contribution in [3.05, 3.63) is 65.7 Å². The number of ether oxygens (including phenoxy) is 1. The van der Waals surface area contributed by atoms with Gasteiger partial charge in [-0.05, 0) is 43.0 Å². The van der Waals surface area contributed by atoms with E-state index in [-0.39, 0.29) is 12.3 Å². The second-order valence-corrected chi connectivity index (χ2v) is 8.23. The Morgan fingerprint density at radius 1 is 1.06 bits per heavy atom. The van der Waals surface area contributed by atoms with Gasteiger partial charge in [0.15, 0.2) is 0 Å². The molecule has 0 spiro atoms. The van der Waals surface area contributed by atoms with Crippen LogP contribution in [0.4, 0.5) is 18.9 Å². The molecule has 1 aliphatic rings. The van der Waals surface area contributed by atoms with E-state index in [9.17, 15) is 22.8 Å². The monoisotopic (exact) mass is 462 g/mol. The van der Waals surface area contributed by atoms with Crippen LogP contribution in [0.2, 0.25) is 0 Å². The fourth-order valence-electron chi connectivity index (χ4n) is 4.41. The smallest absolute Gasteiger partial charge is 0.416 e. The van der Waals surface area contributed by atoms with Crippen LogP contribution in [0, 0.1) is 0 Å². The first-order valence-electron chi connectivity index (χ1n) is 11.1. The molecule has 0 radical (unpaired) electrons. The number of anilines is 1. The highest BCUT2D eigenvalue weighted by Gasteiger charge is 2.49. The van der Waals surface area contributed by atoms with E-state index in [4.69, 9.17) is 4.74 Å². The van der Waals surface area contributed by atoms with Gasteiger partial charge in [-0.3, -0.25) is 9.69 Å². The minimum Gasteiger partial charge on any atom is -0.467 e. The summed E-state index contributed by atoms with van der Waals surface area (Å²) in [7, 11) is 1.32. The molecule has 0 aromatic heterocycles. The highest BCUT2D eigenvalue weighted by Crippen LogP contribution is 2.35. The number of alkyl halides is 3. The maximum atomic E-state index is 13.0. The number of para-hydroxylation sites is 1. The molecule has 1 saturated heterocycles. The summed E-state index contributed by atoms with van der Waals surface area (Å²) in [5.74, 6) is -0.616. The van der Waals surface area contributed by atoms with Crippen molar-refractivity contribution in [3.8, 4) is 0 Å². The molecule has 0 bridgehead atoms. The molecule has 5 nitrogen and oxygen atoms in total. The Labute approximate surface area is 192 Å². The maximum Gasteiger partial charge on any atom is 0.416 e. The number of esters is 1. The maximum absolute atomic E-state index is 13.0. The number of likely N-dealkylation sites (tertiary alicyclic amines) is 1. The van der Waals surface area contributed by atoms with Crippen LogP contribution in [-0.4, -0.2) is 49.1 Å². The number of amides is 1. The van der Waals surface area contributed by atoms with Crippen molar-refractivity contribution in [1.29, 1.82) is 0 Å². The molecule has 0 unspecified atom stereocenters. The number of halogens is 3. The Kier molecular flexibility index (Phi) is 7.79. The highest BCUT2D eigenvalue weighted by molar-refractivity contribution is 6.02. The third kappa shape index (κ3) is 5.55. The molecule has 2 aromatic carbocycles. The Bertz CT molecular complexity index is 955. The SMILES string of the molecule is CCC(=O)N(c1ccccc1)C1(C(=O)OC)CCN(CCc2cccc(C(F)(F)F)c2)CC1. The average molecular weight is 463 g/mol. The van der Waals surface area contributed by atoms with Gasteiger partial charge in [0.2, 0.25) is 5.91 Å². The number of carbonyl (C=O) groups excluding carboxylic acids is 2. The standard InChI is InChI=1S/C25H29F3N2O3/c1-3-22(31)30(21-10-5-4-6-11-21)24(23(32)33-2)13-16-29(17-14-24)15-12-19-8-7-9-20(18-19)25(26,27)28/h4-11,18H,3,12-17H2,1-2H3. The average Bonchev–Trinajstić information content (AvgIpc) is 2.83. The topological polar surface area (TPSA) is 49.9 Å². The number of carbonyl (C=O) groups is 2. The van der Waals surface area contributed by atoms with Crippen molar-refractivity contribution in [3.63, 3.8) is 0 Å². The Morgan fingerprint density at radius 2 is 1.73 bits per heavy atom. The molecular formula is C25H29F3N2O3. The lowest BCUT2D eigenvalue weighted by Gasteiger charge is -2.46. The molecule has 0 saturated carbocycles. The number of hydrogen-bond donors (Lipinski definition) is 0. The minimum absolute atomic E-state index is 0.163. The van der Waals surface area contributed by atoms with Gasteiger partial charge in [0, 0.05) is 31.7 Å². The van der Waals surface area contributed by atoms with E-state index in [1.165, 1.54) is 19.2 Å². The van der Waals surface area contributed by atoms with Crippen LogP contribution in [0.25, 0.3) is 0 Å². The molecule has 33 heavy (non-hydrogen) atoms. The molecule has 2 aromatic rings. The summed E-state index contributed by atoms with van der Waals surface area (Å²) in [6.45, 7) is 3.36. The normalized spacial score (nSPS) is 16.3. The van der Waals surface area contributed by atoms with E-state index in [1.807, 2.05) is 18.2 Å². The van der Waals surface area contributed by atoms with Crippen LogP contribution >= 0.6 is 0 Å². The van der Waals surface area contributed by atoms with Gasteiger partial charge in [-0.15, -0.1) is 0 Å². The molecule has 1 fully saturated rings. The van der Waals surface area contributed by atoms with Gasteiger partial charge in [-0.2, -0.15) is 13.2 Å². The van der Waals surface area contributed by atoms with Gasteiger partial charge < -0.3 is 9.64 Å². The zero-order chi connectivity index (χ0) is 24.1. The lowest BCUT2D eigenvalue weighted by molar-refractivity contribution is -0.151. The highest BCUT2D eigenvalue weighted by atomic mass is 19.4. The number of hydrogen-bond acceptors (Lipinski definition) is 4. The fourth-order valence-corrected chi connectivity index (χ4v) is 4.41. The van der Waals surface area contributed by atoms with E-state index in [2.05, 4.69) is 4.90 Å². The predicted molar refractivity (Wildman–Crippen MR) is 120 cm³/mol. The zero-order valence-electron chi connectivity index (χ0n) is 18.9. The molecule has 178 valence electrons. The third-order valence-corrected chi connectivity index (χ3v) is 6.21. The summed E-state index contributed by atoms with van der Waals surface area (Å²) in [4.78, 5) is 29.6. The van der Waals surface area contributed by atoms with Gasteiger partial charge in [0.1, 0.15) is 5.54 Å². The molecule has 1 aliphatic heterocycles. The Hall–Kier alpha value is -2.87. The van der Waals surface area contributed by atoms with Crippen LogP contribution in [-0.2, 0) is 26.9 Å². The number of piperidine rings is 1. The first-order valence-corrected chi connectivity index (χ1v) is 11.1. The molecular weight excluding hydrogens is 433 g/mol. The van der Waals surface area contributed by atoms with Gasteiger partial charge in [0.05, 0.1) is 12.7 Å². The van der Waals surface area contributed by atoms with Crippen molar-refractivity contribution >= 4 is 17.6 Å². The number of benzene rings is 2. The second kappa shape index (κ2) is 10.4. The van der Waals surface area contributed by atoms with Crippen molar-refractivity contribution in [1.82, 2.24) is 4.90 Å². The summed E-state index contributed by atoms with van der Waals surface area (Å²) >= 11 is 0. The van der Waals surface area contributed by atoms with Crippen LogP contribution < -0.4 is 4.90 Å². The van der Waals surface area contributed by atoms with Crippen molar-refractivity contribution in [2.24, 2.45) is 0 Å². The number of nitrogens with zero attached hydrogens (tertiary/aromatic N) is 2. The first kappa shape index (κ1) is 24.8. The van der Waals surface area contributed by atoms with Crippen molar-refractivity contribution in [2.45, 2.75) is 44.3 Å². The largest absolute Gasteiger partial charge is 0.467 e. The Balaban J connectivity index is 1.75. The van der Waals surface area contributed by atoms with E-state index < -0.39 is 23.2 Å². The quantitative estimate of drug-likeness (QED) is 0.560. The third-order valence-electron chi connectivity index (χ3n) is 6.21. The van der Waals surface area contributed by atoms with E-state index in [0.717, 1.165) is 6.07 Å². The van der Waals surface area contributed by atoms with Crippen molar-refractivity contribution in [2.75, 3.05) is 31.6 Å². The van der Waals surface area contributed by atoms with Crippen LogP contribution in [0.3, 0.4) is 0 Å². The van der Waals surface area contributed by atoms with Gasteiger partial charge in [-0.1, -0.05) is 43.3 Å². The first-order chi connectivity index (χ1) is 15.7.